The Labute approximate surface area is 187 Å². The first-order valence-electron chi connectivity index (χ1n) is 9.13. The Kier molecular flexibility index (Phi) is 13.0. The maximum absolute atomic E-state index is 13.3. The molecule has 6 nitrogen and oxygen atoms in total. The number of anilines is 1. The summed E-state index contributed by atoms with van der Waals surface area (Å²) >= 11 is 2.95. The molecule has 10 heteroatoms. The molecule has 0 bridgehead atoms. The molecular formula is C20H29FN4O2S3. The van der Waals surface area contributed by atoms with Gasteiger partial charge in [-0.2, -0.15) is 0 Å². The number of nitrogens with zero attached hydrogens (tertiary/aromatic N) is 2. The Morgan fingerprint density at radius 3 is 2.40 bits per heavy atom. The van der Waals surface area contributed by atoms with Crippen molar-refractivity contribution in [3.63, 3.8) is 0 Å². The van der Waals surface area contributed by atoms with Crippen molar-refractivity contribution in [3.05, 3.63) is 69.9 Å². The van der Waals surface area contributed by atoms with Gasteiger partial charge >= 0.3 is 0 Å². The molecule has 1 aromatic heterocycles. The van der Waals surface area contributed by atoms with E-state index >= 15 is 0 Å². The van der Waals surface area contributed by atoms with Crippen molar-refractivity contribution < 1.29 is 12.8 Å². The third kappa shape index (κ3) is 6.98. The van der Waals surface area contributed by atoms with Gasteiger partial charge in [-0.15, -0.1) is 23.1 Å². The zero-order valence-corrected chi connectivity index (χ0v) is 20.2. The largest absolute Gasteiger partial charge is 0.386 e. The van der Waals surface area contributed by atoms with Crippen molar-refractivity contribution in [2.24, 2.45) is 16.6 Å². The summed E-state index contributed by atoms with van der Waals surface area (Å²) in [7, 11) is -4.09. The van der Waals surface area contributed by atoms with Gasteiger partial charge < -0.3 is 5.73 Å². The Bertz CT molecular complexity index is 970. The molecule has 3 rings (SSSR count). The van der Waals surface area contributed by atoms with E-state index in [9.17, 15) is 12.8 Å². The van der Waals surface area contributed by atoms with E-state index < -0.39 is 20.7 Å². The maximum atomic E-state index is 13.3. The van der Waals surface area contributed by atoms with Crippen LogP contribution in [0.15, 0.2) is 68.4 Å². The van der Waals surface area contributed by atoms with Crippen LogP contribution in [0.4, 0.5) is 9.39 Å². The van der Waals surface area contributed by atoms with Gasteiger partial charge in [0, 0.05) is 11.8 Å². The minimum absolute atomic E-state index is 0.0980. The van der Waals surface area contributed by atoms with Crippen LogP contribution in [-0.2, 0) is 9.84 Å². The van der Waals surface area contributed by atoms with Gasteiger partial charge in [-0.05, 0) is 41.3 Å². The van der Waals surface area contributed by atoms with E-state index in [0.29, 0.717) is 5.00 Å². The van der Waals surface area contributed by atoms with Crippen LogP contribution in [0.3, 0.4) is 0 Å². The van der Waals surface area contributed by atoms with Gasteiger partial charge in [0.2, 0.25) is 9.84 Å². The van der Waals surface area contributed by atoms with Gasteiger partial charge in [-0.1, -0.05) is 40.3 Å². The maximum Gasteiger partial charge on any atom is 0.225 e. The molecule has 0 atom stereocenters. The summed E-state index contributed by atoms with van der Waals surface area (Å²) in [4.78, 5) is 3.75. The zero-order chi connectivity index (χ0) is 23.3. The molecule has 0 fully saturated rings. The van der Waals surface area contributed by atoms with Crippen molar-refractivity contribution in [1.29, 1.82) is 0 Å². The number of hydrazine groups is 1. The van der Waals surface area contributed by atoms with Gasteiger partial charge in [0.05, 0.1) is 4.90 Å². The Balaban J connectivity index is 0.000000924. The summed E-state index contributed by atoms with van der Waals surface area (Å²) in [6, 6.07) is 6.40. The van der Waals surface area contributed by atoms with Gasteiger partial charge in [-0.25, -0.2) is 28.7 Å². The first kappa shape index (κ1) is 27.9. The fourth-order valence-electron chi connectivity index (χ4n) is 1.96. The van der Waals surface area contributed by atoms with Crippen molar-refractivity contribution in [2.75, 3.05) is 11.3 Å². The lowest BCUT2D eigenvalue weighted by atomic mass is 10.3. The monoisotopic (exact) mass is 472 g/mol. The first-order valence-corrected chi connectivity index (χ1v) is 12.8. The molecule has 0 aliphatic carbocycles. The van der Waals surface area contributed by atoms with Crippen LogP contribution in [0, 0.1) is 5.82 Å². The minimum Gasteiger partial charge on any atom is -0.386 e. The molecule has 4 N–H and O–H groups in total. The number of benzene rings is 1. The van der Waals surface area contributed by atoms with Gasteiger partial charge in [0.15, 0.2) is 10.9 Å². The zero-order valence-electron chi connectivity index (χ0n) is 17.8. The molecule has 166 valence electrons. The third-order valence-corrected chi connectivity index (χ3v) is 6.13. The number of aliphatic imine (C=N–C) groups is 1. The lowest BCUT2D eigenvalue weighted by Gasteiger charge is -2.22. The van der Waals surface area contributed by atoms with E-state index in [1.165, 1.54) is 29.7 Å². The van der Waals surface area contributed by atoms with E-state index in [-0.39, 0.29) is 10.7 Å². The summed E-state index contributed by atoms with van der Waals surface area (Å²) in [6.45, 7) is 11.4. The number of hydrogen-bond acceptors (Lipinski definition) is 8. The highest BCUT2D eigenvalue weighted by Gasteiger charge is 2.28. The molecule has 2 aromatic rings. The third-order valence-electron chi connectivity index (χ3n) is 3.23. The number of hydrogen-bond donors (Lipinski definition) is 2. The van der Waals surface area contributed by atoms with Gasteiger partial charge in [0.1, 0.15) is 10.8 Å². The highest BCUT2D eigenvalue weighted by Crippen LogP contribution is 2.32. The lowest BCUT2D eigenvalue weighted by Crippen LogP contribution is -2.35. The summed E-state index contributed by atoms with van der Waals surface area (Å²) in [5.41, 5.74) is 6.53. The van der Waals surface area contributed by atoms with Gasteiger partial charge in [0.25, 0.3) is 0 Å². The molecular weight excluding hydrogens is 443 g/mol. The fraction of sp³-hybridized carbons (Fsp3) is 0.250. The van der Waals surface area contributed by atoms with Crippen molar-refractivity contribution in [1.82, 2.24) is 0 Å². The second kappa shape index (κ2) is 14.0. The molecule has 0 spiro atoms. The smallest absolute Gasteiger partial charge is 0.225 e. The standard InChI is InChI=1S/C13H11FN4O2S2.C3H6S.2C2H6/c14-9-2-1-3-10(6-9)22(19,20)11(15)12-17-7-8-4-5-21-13(8)18(12)16;1-3-4-2;2*1-2/h1-7H,15-16H2;3H,1H2,2H3;2*1-2H3/b12-11+;;;. The molecule has 1 aromatic carbocycles. The number of rotatable bonds is 3. The van der Waals surface area contributed by atoms with E-state index in [0.717, 1.165) is 22.7 Å². The van der Waals surface area contributed by atoms with Crippen LogP contribution in [0.5, 0.6) is 0 Å². The van der Waals surface area contributed by atoms with Crippen molar-refractivity contribution in [3.8, 4) is 0 Å². The number of nitrogens with two attached hydrogens (primary N) is 2. The summed E-state index contributed by atoms with van der Waals surface area (Å²) < 4.78 is 38.2. The van der Waals surface area contributed by atoms with Crippen LogP contribution in [0.1, 0.15) is 33.3 Å². The van der Waals surface area contributed by atoms with E-state index in [1.807, 2.05) is 34.0 Å². The predicted octanol–water partition coefficient (Wildman–Crippen LogP) is 5.10. The van der Waals surface area contributed by atoms with Crippen LogP contribution in [0.2, 0.25) is 0 Å². The van der Waals surface area contributed by atoms with Crippen molar-refractivity contribution in [2.45, 2.75) is 32.6 Å². The fourth-order valence-corrected chi connectivity index (χ4v) is 3.93. The van der Waals surface area contributed by atoms with E-state index in [2.05, 4.69) is 11.6 Å². The minimum atomic E-state index is -4.09. The van der Waals surface area contributed by atoms with Crippen molar-refractivity contribution >= 4 is 44.2 Å². The number of sulfone groups is 1. The van der Waals surface area contributed by atoms with Crippen LogP contribution >= 0.6 is 23.1 Å². The predicted molar refractivity (Wildman–Crippen MR) is 130 cm³/mol. The topological polar surface area (TPSA) is 102 Å². The number of thioether (sulfide) groups is 1. The molecule has 0 unspecified atom stereocenters. The van der Waals surface area contributed by atoms with E-state index in [1.54, 1.807) is 28.6 Å². The average Bonchev–Trinajstić information content (AvgIpc) is 3.26. The molecule has 0 saturated carbocycles. The summed E-state index contributed by atoms with van der Waals surface area (Å²) in [5, 5.41) is 4.81. The van der Waals surface area contributed by atoms with Gasteiger partial charge in [-0.3, -0.25) is 0 Å². The number of fused-ring (bicyclic) bond motifs is 1. The molecule has 0 amide bonds. The van der Waals surface area contributed by atoms with E-state index in [4.69, 9.17) is 11.6 Å². The highest BCUT2D eigenvalue weighted by atomic mass is 32.2. The van der Waals surface area contributed by atoms with Crippen LogP contribution < -0.4 is 16.6 Å². The molecule has 0 radical (unpaired) electrons. The summed E-state index contributed by atoms with van der Waals surface area (Å²) in [5.74, 6) is 5.13. The molecule has 0 saturated heterocycles. The normalized spacial score (nSPS) is 13.4. The molecule has 1 aliphatic rings. The molecule has 2 heterocycles. The quantitative estimate of drug-likeness (QED) is 0.602. The van der Waals surface area contributed by atoms with Crippen LogP contribution in [0.25, 0.3) is 0 Å². The SMILES string of the molecule is C=CSC.CC.CC.N/C(=C1/N=Cc2ccsc2N1N)S(=O)(=O)c1cccc(F)c1. The second-order valence-electron chi connectivity index (χ2n) is 4.86. The number of halogens is 1. The Morgan fingerprint density at radius 1 is 1.27 bits per heavy atom. The van der Waals surface area contributed by atoms with Crippen LogP contribution in [-0.4, -0.2) is 20.9 Å². The average molecular weight is 473 g/mol. The second-order valence-corrected chi connectivity index (χ2v) is 8.48. The highest BCUT2D eigenvalue weighted by molar-refractivity contribution is 8.01. The Hall–Kier alpha value is -2.14. The number of thiophene rings is 1. The molecule has 1 aliphatic heterocycles. The Morgan fingerprint density at radius 2 is 1.87 bits per heavy atom. The molecule has 30 heavy (non-hydrogen) atoms. The summed E-state index contributed by atoms with van der Waals surface area (Å²) in [6.07, 6.45) is 3.46. The first-order chi connectivity index (χ1) is 14.3. The lowest BCUT2D eigenvalue weighted by molar-refractivity contribution is 0.595.